The van der Waals surface area contributed by atoms with Crippen LogP contribution in [0.1, 0.15) is 13.8 Å². The number of halogens is 1. The number of fused-ring (bicyclic) bond motifs is 1. The normalized spacial score (nSPS) is 11.0. The fourth-order valence-electron chi connectivity index (χ4n) is 2.19. The monoisotopic (exact) mass is 342 g/mol. The number of hydrogen-bond donors (Lipinski definition) is 0. The van der Waals surface area contributed by atoms with E-state index in [1.54, 1.807) is 50.2 Å². The molecule has 0 spiro atoms. The first-order valence-corrected chi connectivity index (χ1v) is 7.87. The number of hydrogen-bond acceptors (Lipinski definition) is 4. The second-order valence-electron chi connectivity index (χ2n) is 5.72. The summed E-state index contributed by atoms with van der Waals surface area (Å²) < 4.78 is 11.0. The second-order valence-corrected chi connectivity index (χ2v) is 6.15. The van der Waals surface area contributed by atoms with Crippen LogP contribution in [-0.2, 0) is 4.79 Å². The van der Waals surface area contributed by atoms with Gasteiger partial charge in [-0.15, -0.1) is 0 Å². The predicted molar refractivity (Wildman–Crippen MR) is 93.4 cm³/mol. The van der Waals surface area contributed by atoms with Gasteiger partial charge in [0.2, 0.25) is 0 Å². The van der Waals surface area contributed by atoms with Gasteiger partial charge < -0.3 is 9.15 Å². The molecule has 0 bridgehead atoms. The van der Waals surface area contributed by atoms with Crippen LogP contribution in [0.25, 0.3) is 22.3 Å². The Balaban J connectivity index is 2.02. The third-order valence-corrected chi connectivity index (χ3v) is 3.77. The van der Waals surface area contributed by atoms with Crippen LogP contribution in [0.2, 0.25) is 5.02 Å². The van der Waals surface area contributed by atoms with E-state index in [0.29, 0.717) is 27.5 Å². The minimum absolute atomic E-state index is 0.205. The number of benzene rings is 2. The maximum Gasteiger partial charge on any atom is 0.313 e. The third-order valence-electron chi connectivity index (χ3n) is 3.52. The van der Waals surface area contributed by atoms with Crippen molar-refractivity contribution in [2.45, 2.75) is 13.8 Å². The molecule has 3 rings (SSSR count). The molecule has 0 N–H and O–H groups in total. The Morgan fingerprint density at radius 2 is 1.79 bits per heavy atom. The van der Waals surface area contributed by atoms with Crippen LogP contribution >= 0.6 is 11.6 Å². The van der Waals surface area contributed by atoms with Gasteiger partial charge in [-0.25, -0.2) is 0 Å². The molecular formula is C19H15ClO4. The van der Waals surface area contributed by atoms with E-state index in [1.165, 1.54) is 12.1 Å². The first-order valence-electron chi connectivity index (χ1n) is 7.49. The zero-order valence-corrected chi connectivity index (χ0v) is 14.0. The van der Waals surface area contributed by atoms with Crippen molar-refractivity contribution in [2.24, 2.45) is 5.92 Å². The topological polar surface area (TPSA) is 56.5 Å². The molecule has 0 saturated heterocycles. The van der Waals surface area contributed by atoms with Gasteiger partial charge in [-0.3, -0.25) is 9.59 Å². The molecule has 0 fully saturated rings. The first kappa shape index (κ1) is 16.3. The van der Waals surface area contributed by atoms with Crippen molar-refractivity contribution in [3.63, 3.8) is 0 Å². The van der Waals surface area contributed by atoms with E-state index >= 15 is 0 Å². The van der Waals surface area contributed by atoms with Crippen LogP contribution in [-0.4, -0.2) is 5.97 Å². The van der Waals surface area contributed by atoms with Crippen molar-refractivity contribution in [3.05, 3.63) is 63.8 Å². The number of rotatable bonds is 3. The Labute approximate surface area is 143 Å². The highest BCUT2D eigenvalue weighted by Crippen LogP contribution is 2.26. The Morgan fingerprint density at radius 1 is 1.08 bits per heavy atom. The van der Waals surface area contributed by atoms with E-state index in [9.17, 15) is 9.59 Å². The van der Waals surface area contributed by atoms with Gasteiger partial charge in [0.25, 0.3) is 0 Å². The lowest BCUT2D eigenvalue weighted by molar-refractivity contribution is -0.137. The van der Waals surface area contributed by atoms with Crippen LogP contribution in [0.5, 0.6) is 5.75 Å². The molecule has 0 saturated carbocycles. The molecule has 0 radical (unpaired) electrons. The van der Waals surface area contributed by atoms with Gasteiger partial charge in [0.15, 0.2) is 5.43 Å². The summed E-state index contributed by atoms with van der Waals surface area (Å²) in [5, 5.41) is 0.972. The molecule has 0 atom stereocenters. The SMILES string of the molecule is CC(C)C(=O)Oc1ccc2oc(-c3ccc(Cl)cc3)cc(=O)c2c1. The zero-order chi connectivity index (χ0) is 17.3. The van der Waals surface area contributed by atoms with Crippen molar-refractivity contribution in [1.29, 1.82) is 0 Å². The maximum atomic E-state index is 12.4. The standard InChI is InChI=1S/C19H15ClO4/c1-11(2)19(22)23-14-7-8-17-15(9-14)16(21)10-18(24-17)12-3-5-13(20)6-4-12/h3-11H,1-2H3. The molecule has 2 aromatic carbocycles. The molecule has 0 aliphatic rings. The summed E-state index contributed by atoms with van der Waals surface area (Å²) in [4.78, 5) is 24.1. The van der Waals surface area contributed by atoms with E-state index in [0.717, 1.165) is 5.56 Å². The van der Waals surface area contributed by atoms with E-state index in [1.807, 2.05) is 0 Å². The molecule has 0 aliphatic heterocycles. The summed E-state index contributed by atoms with van der Waals surface area (Å²) in [7, 11) is 0. The summed E-state index contributed by atoms with van der Waals surface area (Å²) in [6.07, 6.45) is 0. The lowest BCUT2D eigenvalue weighted by Gasteiger charge is -2.08. The van der Waals surface area contributed by atoms with Gasteiger partial charge in [-0.05, 0) is 42.5 Å². The van der Waals surface area contributed by atoms with Gasteiger partial charge in [0.05, 0.1) is 11.3 Å². The lowest BCUT2D eigenvalue weighted by Crippen LogP contribution is -2.14. The molecule has 3 aromatic rings. The average molecular weight is 343 g/mol. The molecule has 24 heavy (non-hydrogen) atoms. The van der Waals surface area contributed by atoms with Gasteiger partial charge in [-0.1, -0.05) is 25.4 Å². The van der Waals surface area contributed by atoms with E-state index in [4.69, 9.17) is 20.8 Å². The molecule has 0 aliphatic carbocycles. The smallest absolute Gasteiger partial charge is 0.313 e. The lowest BCUT2D eigenvalue weighted by atomic mass is 10.1. The zero-order valence-electron chi connectivity index (χ0n) is 13.2. The van der Waals surface area contributed by atoms with Crippen LogP contribution in [0.3, 0.4) is 0 Å². The highest BCUT2D eigenvalue weighted by molar-refractivity contribution is 6.30. The molecule has 0 unspecified atom stereocenters. The molecule has 0 amide bonds. The molecule has 122 valence electrons. The average Bonchev–Trinajstić information content (AvgIpc) is 2.55. The fraction of sp³-hybridized carbons (Fsp3) is 0.158. The van der Waals surface area contributed by atoms with Crippen molar-refractivity contribution >= 4 is 28.5 Å². The van der Waals surface area contributed by atoms with Crippen molar-refractivity contribution in [2.75, 3.05) is 0 Å². The van der Waals surface area contributed by atoms with Gasteiger partial charge in [0.1, 0.15) is 17.1 Å². The number of carbonyl (C=O) groups excluding carboxylic acids is 1. The highest BCUT2D eigenvalue weighted by Gasteiger charge is 2.12. The fourth-order valence-corrected chi connectivity index (χ4v) is 2.32. The van der Waals surface area contributed by atoms with Crippen LogP contribution in [0.15, 0.2) is 57.7 Å². The summed E-state index contributed by atoms with van der Waals surface area (Å²) in [6.45, 7) is 3.49. The second kappa shape index (κ2) is 6.49. The van der Waals surface area contributed by atoms with E-state index in [-0.39, 0.29) is 17.3 Å². The quantitative estimate of drug-likeness (QED) is 0.512. The number of esters is 1. The summed E-state index contributed by atoms with van der Waals surface area (Å²) >= 11 is 5.87. The molecule has 1 heterocycles. The van der Waals surface area contributed by atoms with Crippen molar-refractivity contribution in [3.8, 4) is 17.1 Å². The minimum atomic E-state index is -0.350. The maximum absolute atomic E-state index is 12.4. The number of ether oxygens (including phenoxy) is 1. The molecule has 4 nitrogen and oxygen atoms in total. The predicted octanol–water partition coefficient (Wildman–Crippen LogP) is 4.67. The van der Waals surface area contributed by atoms with Crippen LogP contribution < -0.4 is 10.2 Å². The Morgan fingerprint density at radius 3 is 2.46 bits per heavy atom. The van der Waals surface area contributed by atoms with Gasteiger partial charge in [-0.2, -0.15) is 0 Å². The van der Waals surface area contributed by atoms with E-state index < -0.39 is 0 Å². The molecular weight excluding hydrogens is 328 g/mol. The molecule has 5 heteroatoms. The molecule has 1 aromatic heterocycles. The highest BCUT2D eigenvalue weighted by atomic mass is 35.5. The summed E-state index contributed by atoms with van der Waals surface area (Å²) in [5.41, 5.74) is 0.981. The summed E-state index contributed by atoms with van der Waals surface area (Å²) in [5.74, 6) is 0.185. The van der Waals surface area contributed by atoms with Crippen molar-refractivity contribution < 1.29 is 13.9 Å². The number of carbonyl (C=O) groups is 1. The first-order chi connectivity index (χ1) is 11.4. The third kappa shape index (κ3) is 3.34. The Kier molecular flexibility index (Phi) is 4.40. The largest absolute Gasteiger partial charge is 0.456 e. The van der Waals surface area contributed by atoms with Gasteiger partial charge >= 0.3 is 5.97 Å². The van der Waals surface area contributed by atoms with Crippen molar-refractivity contribution in [1.82, 2.24) is 0 Å². The minimum Gasteiger partial charge on any atom is -0.456 e. The Bertz CT molecular complexity index is 955. The summed E-state index contributed by atoms with van der Waals surface area (Å²) in [6, 6.07) is 13.2. The van der Waals surface area contributed by atoms with Crippen LogP contribution in [0.4, 0.5) is 0 Å². The van der Waals surface area contributed by atoms with Crippen LogP contribution in [0, 0.1) is 5.92 Å². The van der Waals surface area contributed by atoms with Gasteiger partial charge in [0, 0.05) is 16.7 Å². The van der Waals surface area contributed by atoms with E-state index in [2.05, 4.69) is 0 Å². The Hall–Kier alpha value is -2.59.